The van der Waals surface area contributed by atoms with Crippen LogP contribution in [0.4, 0.5) is 11.6 Å². The summed E-state index contributed by atoms with van der Waals surface area (Å²) in [4.78, 5) is 7.81. The average molecular weight is 259 g/mol. The molecule has 96 valence electrons. The van der Waals surface area contributed by atoms with E-state index in [4.69, 9.17) is 5.84 Å². The lowest BCUT2D eigenvalue weighted by molar-refractivity contribution is 0.559. The molecule has 8 heteroatoms. The zero-order valence-electron chi connectivity index (χ0n) is 10.1. The first-order valence-corrected chi connectivity index (χ1v) is 6.87. The first-order valence-electron chi connectivity index (χ1n) is 4.98. The molecule has 17 heavy (non-hydrogen) atoms. The molecule has 0 aromatic carbocycles. The van der Waals surface area contributed by atoms with E-state index in [2.05, 4.69) is 20.7 Å². The number of nitrogens with two attached hydrogens (primary N) is 1. The highest BCUT2D eigenvalue weighted by molar-refractivity contribution is 7.92. The Hall–Kier alpha value is -1.41. The second kappa shape index (κ2) is 4.84. The van der Waals surface area contributed by atoms with Gasteiger partial charge in [0.1, 0.15) is 18.0 Å². The first kappa shape index (κ1) is 13.7. The van der Waals surface area contributed by atoms with E-state index >= 15 is 0 Å². The van der Waals surface area contributed by atoms with E-state index in [1.807, 2.05) is 0 Å². The van der Waals surface area contributed by atoms with Gasteiger partial charge in [-0.3, -0.25) is 0 Å². The minimum absolute atomic E-state index is 0.257. The quantitative estimate of drug-likeness (QED) is 0.504. The summed E-state index contributed by atoms with van der Waals surface area (Å²) in [6.45, 7) is 3.56. The third-order valence-electron chi connectivity index (χ3n) is 2.51. The minimum Gasteiger partial charge on any atom is -0.368 e. The maximum atomic E-state index is 11.5. The molecule has 1 aromatic heterocycles. The van der Waals surface area contributed by atoms with Crippen LogP contribution >= 0.6 is 0 Å². The van der Waals surface area contributed by atoms with Gasteiger partial charge >= 0.3 is 0 Å². The molecule has 0 amide bonds. The van der Waals surface area contributed by atoms with Gasteiger partial charge in [-0.2, -0.15) is 0 Å². The van der Waals surface area contributed by atoms with Crippen LogP contribution in [0.2, 0.25) is 0 Å². The molecule has 0 aliphatic carbocycles. The van der Waals surface area contributed by atoms with Gasteiger partial charge in [-0.25, -0.2) is 24.2 Å². The number of hydrogen-bond acceptors (Lipinski definition) is 7. The zero-order chi connectivity index (χ0) is 13.1. The molecule has 0 aliphatic rings. The van der Waals surface area contributed by atoms with Gasteiger partial charge in [0.2, 0.25) is 0 Å². The van der Waals surface area contributed by atoms with Crippen molar-refractivity contribution >= 4 is 21.5 Å². The van der Waals surface area contributed by atoms with Crippen LogP contribution < -0.4 is 16.6 Å². The Kier molecular flexibility index (Phi) is 3.89. The van der Waals surface area contributed by atoms with Crippen molar-refractivity contribution in [1.29, 1.82) is 0 Å². The molecule has 0 fully saturated rings. The Morgan fingerprint density at radius 2 is 1.94 bits per heavy atom. The topological polar surface area (TPSA) is 110 Å². The van der Waals surface area contributed by atoms with Gasteiger partial charge in [-0.1, -0.05) is 0 Å². The molecule has 1 heterocycles. The number of sulfone groups is 1. The van der Waals surface area contributed by atoms with Gasteiger partial charge in [0.15, 0.2) is 9.84 Å². The number of nitrogen functional groups attached to an aromatic ring is 1. The predicted molar refractivity (Wildman–Crippen MR) is 67.3 cm³/mol. The molecule has 7 nitrogen and oxygen atoms in total. The maximum Gasteiger partial charge on any atom is 0.154 e. The van der Waals surface area contributed by atoms with E-state index < -0.39 is 14.6 Å². The largest absolute Gasteiger partial charge is 0.368 e. The summed E-state index contributed by atoms with van der Waals surface area (Å²) >= 11 is 0. The van der Waals surface area contributed by atoms with Gasteiger partial charge in [-0.15, -0.1) is 0 Å². The summed E-state index contributed by atoms with van der Waals surface area (Å²) in [5.74, 6) is 6.18. The van der Waals surface area contributed by atoms with Gasteiger partial charge in [0.25, 0.3) is 0 Å². The standard InChI is InChI=1S/C9H17N5O2S/c1-9(2,17(3,15)16)5-11-7-4-8(14-10)13-6-12-7/h4,6H,5,10H2,1-3H3,(H2,11,12,13,14). The van der Waals surface area contributed by atoms with Crippen LogP contribution in [-0.2, 0) is 9.84 Å². The Bertz CT molecular complexity index is 486. The third kappa shape index (κ3) is 3.53. The lowest BCUT2D eigenvalue weighted by Crippen LogP contribution is -2.38. The highest BCUT2D eigenvalue weighted by Crippen LogP contribution is 2.16. The van der Waals surface area contributed by atoms with Crippen molar-refractivity contribution in [2.45, 2.75) is 18.6 Å². The van der Waals surface area contributed by atoms with Crippen LogP contribution in [0.1, 0.15) is 13.8 Å². The molecule has 0 saturated carbocycles. The monoisotopic (exact) mass is 259 g/mol. The molecule has 1 rings (SSSR count). The first-order chi connectivity index (χ1) is 7.76. The van der Waals surface area contributed by atoms with E-state index in [-0.39, 0.29) is 6.54 Å². The Balaban J connectivity index is 2.74. The number of aromatic nitrogens is 2. The molecule has 0 saturated heterocycles. The van der Waals surface area contributed by atoms with Crippen molar-refractivity contribution in [3.05, 3.63) is 12.4 Å². The number of hydrogen-bond donors (Lipinski definition) is 3. The van der Waals surface area contributed by atoms with Crippen molar-refractivity contribution in [1.82, 2.24) is 9.97 Å². The second-order valence-electron chi connectivity index (χ2n) is 4.32. The molecule has 0 unspecified atom stereocenters. The van der Waals surface area contributed by atoms with Crippen molar-refractivity contribution in [3.63, 3.8) is 0 Å². The van der Waals surface area contributed by atoms with Crippen molar-refractivity contribution < 1.29 is 8.42 Å². The smallest absolute Gasteiger partial charge is 0.154 e. The SMILES string of the molecule is CC(C)(CNc1cc(NN)ncn1)S(C)(=O)=O. The van der Waals surface area contributed by atoms with Crippen molar-refractivity contribution in [2.24, 2.45) is 5.84 Å². The molecular weight excluding hydrogens is 242 g/mol. The van der Waals surface area contributed by atoms with Gasteiger partial charge in [0, 0.05) is 18.9 Å². The molecule has 0 aliphatic heterocycles. The van der Waals surface area contributed by atoms with Gasteiger partial charge in [-0.05, 0) is 13.8 Å². The van der Waals surface area contributed by atoms with Crippen LogP contribution in [0.25, 0.3) is 0 Å². The summed E-state index contributed by atoms with van der Waals surface area (Å²) in [6, 6.07) is 1.60. The fraction of sp³-hybridized carbons (Fsp3) is 0.556. The molecule has 0 radical (unpaired) electrons. The highest BCUT2D eigenvalue weighted by Gasteiger charge is 2.29. The van der Waals surface area contributed by atoms with E-state index in [9.17, 15) is 8.42 Å². The number of nitrogens with zero attached hydrogens (tertiary/aromatic N) is 2. The van der Waals surface area contributed by atoms with Crippen LogP contribution in [0, 0.1) is 0 Å². The third-order valence-corrected chi connectivity index (χ3v) is 4.67. The van der Waals surface area contributed by atoms with Gasteiger partial charge in [0.05, 0.1) is 4.75 Å². The highest BCUT2D eigenvalue weighted by atomic mass is 32.2. The fourth-order valence-electron chi connectivity index (χ4n) is 0.967. The number of rotatable bonds is 5. The number of anilines is 2. The zero-order valence-corrected chi connectivity index (χ0v) is 10.9. The lowest BCUT2D eigenvalue weighted by atomic mass is 10.2. The normalized spacial score (nSPS) is 12.2. The van der Waals surface area contributed by atoms with Crippen LogP contribution in [0.3, 0.4) is 0 Å². The predicted octanol–water partition coefficient (Wildman–Crippen LogP) is -0.00270. The summed E-state index contributed by atoms with van der Waals surface area (Å²) in [7, 11) is -3.13. The van der Waals surface area contributed by atoms with Crippen LogP contribution in [0.5, 0.6) is 0 Å². The summed E-state index contributed by atoms with van der Waals surface area (Å²) in [6.07, 6.45) is 2.55. The van der Waals surface area contributed by atoms with E-state index in [0.29, 0.717) is 11.6 Å². The second-order valence-corrected chi connectivity index (χ2v) is 6.97. The molecule has 0 bridgehead atoms. The van der Waals surface area contributed by atoms with Crippen LogP contribution in [0.15, 0.2) is 12.4 Å². The summed E-state index contributed by atoms with van der Waals surface area (Å²) < 4.78 is 22.1. The average Bonchev–Trinajstić information content (AvgIpc) is 2.25. The van der Waals surface area contributed by atoms with E-state index in [0.717, 1.165) is 0 Å². The van der Waals surface area contributed by atoms with Gasteiger partial charge < -0.3 is 10.7 Å². The summed E-state index contributed by atoms with van der Waals surface area (Å²) in [5, 5.41) is 2.94. The fourth-order valence-corrected chi connectivity index (χ4v) is 1.30. The molecule has 1 aromatic rings. The lowest BCUT2D eigenvalue weighted by Gasteiger charge is -2.23. The molecule has 0 atom stereocenters. The molecular formula is C9H17N5O2S. The molecule has 0 spiro atoms. The number of nitrogens with one attached hydrogen (secondary N) is 2. The van der Waals surface area contributed by atoms with Crippen LogP contribution in [-0.4, -0.2) is 35.9 Å². The van der Waals surface area contributed by atoms with E-state index in [1.165, 1.54) is 12.6 Å². The maximum absolute atomic E-state index is 11.5. The van der Waals surface area contributed by atoms with Crippen molar-refractivity contribution in [3.8, 4) is 0 Å². The minimum atomic E-state index is -3.13. The Morgan fingerprint density at radius 3 is 2.47 bits per heavy atom. The Labute approximate surface area is 101 Å². The number of hydrazine groups is 1. The van der Waals surface area contributed by atoms with Crippen molar-refractivity contribution in [2.75, 3.05) is 23.5 Å². The Morgan fingerprint density at radius 1 is 1.35 bits per heavy atom. The molecule has 4 N–H and O–H groups in total. The summed E-state index contributed by atoms with van der Waals surface area (Å²) in [5.41, 5.74) is 2.39. The van der Waals surface area contributed by atoms with E-state index in [1.54, 1.807) is 19.9 Å².